The van der Waals surface area contributed by atoms with Gasteiger partial charge in [-0.15, -0.1) is 0 Å². The van der Waals surface area contributed by atoms with Crippen LogP contribution in [0, 0.1) is 0 Å². The van der Waals surface area contributed by atoms with Crippen molar-refractivity contribution in [2.45, 2.75) is 6.42 Å². The van der Waals surface area contributed by atoms with Crippen LogP contribution < -0.4 is 16.2 Å². The van der Waals surface area contributed by atoms with Gasteiger partial charge in [-0.25, -0.2) is 18.4 Å². The summed E-state index contributed by atoms with van der Waals surface area (Å²) in [4.78, 5) is 10.8. The number of benzene rings is 1. The molecule has 0 unspecified atom stereocenters. The molecule has 0 atom stereocenters. The molecule has 0 fully saturated rings. The predicted molar refractivity (Wildman–Crippen MR) is 68.9 cm³/mol. The van der Waals surface area contributed by atoms with Gasteiger partial charge in [0.1, 0.15) is 0 Å². The van der Waals surface area contributed by atoms with Gasteiger partial charge in [-0.3, -0.25) is 0 Å². The van der Waals surface area contributed by atoms with Gasteiger partial charge in [-0.05, 0) is 18.6 Å². The first-order chi connectivity index (χ1) is 8.31. The third-order valence-corrected chi connectivity index (χ3v) is 3.12. The molecule has 0 aliphatic carbocycles. The quantitative estimate of drug-likeness (QED) is 0.427. The molecule has 8 heteroatoms. The van der Waals surface area contributed by atoms with E-state index >= 15 is 0 Å². The average molecular weight is 273 g/mol. The normalized spacial score (nSPS) is 11.2. The van der Waals surface area contributed by atoms with Crippen molar-refractivity contribution >= 4 is 27.4 Å². The molecule has 100 valence electrons. The van der Waals surface area contributed by atoms with E-state index in [1.165, 1.54) is 6.07 Å². The maximum absolute atomic E-state index is 10.8. The highest BCUT2D eigenvalue weighted by Gasteiger charge is 2.10. The number of aromatic carboxylic acids is 1. The highest BCUT2D eigenvalue weighted by molar-refractivity contribution is 7.89. The number of anilines is 2. The number of para-hydroxylation sites is 1. The lowest BCUT2D eigenvalue weighted by molar-refractivity contribution is 0.0698. The Morgan fingerprint density at radius 1 is 1.39 bits per heavy atom. The van der Waals surface area contributed by atoms with Crippen LogP contribution in [-0.4, -0.2) is 31.8 Å². The van der Waals surface area contributed by atoms with Crippen LogP contribution in [0.4, 0.5) is 11.4 Å². The van der Waals surface area contributed by atoms with Crippen LogP contribution in [0.1, 0.15) is 16.8 Å². The van der Waals surface area contributed by atoms with E-state index in [4.69, 9.17) is 16.0 Å². The summed E-state index contributed by atoms with van der Waals surface area (Å²) in [5.74, 6) is -1.25. The summed E-state index contributed by atoms with van der Waals surface area (Å²) in [6.45, 7) is 0.337. The molecule has 18 heavy (non-hydrogen) atoms. The van der Waals surface area contributed by atoms with Crippen molar-refractivity contribution in [1.82, 2.24) is 0 Å². The lowest BCUT2D eigenvalue weighted by atomic mass is 10.1. The van der Waals surface area contributed by atoms with Gasteiger partial charge in [0, 0.05) is 6.54 Å². The number of nitrogens with one attached hydrogen (secondary N) is 1. The number of primary sulfonamides is 1. The van der Waals surface area contributed by atoms with Crippen LogP contribution in [0.15, 0.2) is 18.2 Å². The fourth-order valence-corrected chi connectivity index (χ4v) is 1.95. The standard InChI is InChI=1S/C10H15N3O4S/c11-9-7(10(14)15)3-1-4-8(9)13-5-2-6-18(12,16)17/h1,3-4,13H,2,5-6,11H2,(H,14,15)(H2,12,16,17). The second kappa shape index (κ2) is 5.69. The number of carboxylic acids is 1. The summed E-state index contributed by atoms with van der Waals surface area (Å²) in [5, 5.41) is 16.6. The average Bonchev–Trinajstić information content (AvgIpc) is 2.24. The monoisotopic (exact) mass is 273 g/mol. The summed E-state index contributed by atoms with van der Waals surface area (Å²) in [5.41, 5.74) is 6.26. The highest BCUT2D eigenvalue weighted by atomic mass is 32.2. The van der Waals surface area contributed by atoms with Gasteiger partial charge < -0.3 is 16.2 Å². The van der Waals surface area contributed by atoms with Crippen LogP contribution in [0.5, 0.6) is 0 Å². The van der Waals surface area contributed by atoms with E-state index in [1.807, 2.05) is 0 Å². The Balaban J connectivity index is 2.63. The molecule has 6 N–H and O–H groups in total. The first-order valence-electron chi connectivity index (χ1n) is 5.17. The molecule has 0 heterocycles. The molecule has 1 rings (SSSR count). The Morgan fingerprint density at radius 2 is 2.06 bits per heavy atom. The van der Waals surface area contributed by atoms with Gasteiger partial charge in [-0.1, -0.05) is 6.07 Å². The molecule has 0 radical (unpaired) electrons. The Bertz CT molecular complexity index is 542. The van der Waals surface area contributed by atoms with Crippen LogP contribution in [0.2, 0.25) is 0 Å². The van der Waals surface area contributed by atoms with Crippen molar-refractivity contribution in [3.63, 3.8) is 0 Å². The van der Waals surface area contributed by atoms with Crippen molar-refractivity contribution in [3.05, 3.63) is 23.8 Å². The predicted octanol–water partition coefficient (Wildman–Crippen LogP) is 0.0575. The molecule has 0 amide bonds. The molecule has 0 aliphatic heterocycles. The van der Waals surface area contributed by atoms with Crippen molar-refractivity contribution < 1.29 is 18.3 Å². The Hall–Kier alpha value is -1.80. The van der Waals surface area contributed by atoms with E-state index in [1.54, 1.807) is 12.1 Å². The minimum atomic E-state index is -3.48. The first-order valence-corrected chi connectivity index (χ1v) is 6.89. The Labute approximate surface area is 105 Å². The highest BCUT2D eigenvalue weighted by Crippen LogP contribution is 2.22. The molecule has 1 aromatic rings. The van der Waals surface area contributed by atoms with Crippen molar-refractivity contribution in [2.75, 3.05) is 23.3 Å². The molecule has 0 saturated heterocycles. The van der Waals surface area contributed by atoms with E-state index in [0.29, 0.717) is 18.7 Å². The topological polar surface area (TPSA) is 136 Å². The van der Waals surface area contributed by atoms with E-state index in [2.05, 4.69) is 5.32 Å². The van der Waals surface area contributed by atoms with Crippen LogP contribution in [0.25, 0.3) is 0 Å². The molecule has 7 nitrogen and oxygen atoms in total. The van der Waals surface area contributed by atoms with Gasteiger partial charge >= 0.3 is 5.97 Å². The van der Waals surface area contributed by atoms with Gasteiger partial charge in [0.15, 0.2) is 0 Å². The zero-order chi connectivity index (χ0) is 13.8. The molecule has 0 aromatic heterocycles. The Kier molecular flexibility index (Phi) is 4.51. The minimum absolute atomic E-state index is 0.00597. The van der Waals surface area contributed by atoms with Gasteiger partial charge in [0.05, 0.1) is 22.7 Å². The summed E-state index contributed by atoms with van der Waals surface area (Å²) in [6.07, 6.45) is 0.315. The van der Waals surface area contributed by atoms with Crippen molar-refractivity contribution in [2.24, 2.45) is 5.14 Å². The van der Waals surface area contributed by atoms with Crippen molar-refractivity contribution in [1.29, 1.82) is 0 Å². The summed E-state index contributed by atoms with van der Waals surface area (Å²) < 4.78 is 21.4. The molecular weight excluding hydrogens is 258 g/mol. The van der Waals surface area contributed by atoms with Gasteiger partial charge in [0.25, 0.3) is 0 Å². The van der Waals surface area contributed by atoms with Crippen LogP contribution in [0.3, 0.4) is 0 Å². The number of hydrogen-bond donors (Lipinski definition) is 4. The number of rotatable bonds is 6. The fourth-order valence-electron chi connectivity index (χ4n) is 1.40. The first kappa shape index (κ1) is 14.3. The Morgan fingerprint density at radius 3 is 2.61 bits per heavy atom. The van der Waals surface area contributed by atoms with E-state index in [-0.39, 0.29) is 17.0 Å². The zero-order valence-electron chi connectivity index (χ0n) is 9.59. The lowest BCUT2D eigenvalue weighted by Gasteiger charge is -2.10. The SMILES string of the molecule is Nc1c(NCCCS(N)(=O)=O)cccc1C(=O)O. The molecule has 0 bridgehead atoms. The maximum atomic E-state index is 10.8. The maximum Gasteiger partial charge on any atom is 0.337 e. The van der Waals surface area contributed by atoms with Crippen molar-refractivity contribution in [3.8, 4) is 0 Å². The number of nitrogens with two attached hydrogens (primary N) is 2. The second-order valence-electron chi connectivity index (χ2n) is 3.72. The van der Waals surface area contributed by atoms with Gasteiger partial charge in [-0.2, -0.15) is 0 Å². The number of hydrogen-bond acceptors (Lipinski definition) is 5. The van der Waals surface area contributed by atoms with E-state index in [0.717, 1.165) is 0 Å². The van der Waals surface area contributed by atoms with Gasteiger partial charge in [0.2, 0.25) is 10.0 Å². The molecule has 0 aliphatic rings. The number of sulfonamides is 1. The second-order valence-corrected chi connectivity index (χ2v) is 5.45. The molecule has 0 saturated carbocycles. The zero-order valence-corrected chi connectivity index (χ0v) is 10.4. The van der Waals surface area contributed by atoms with Crippen LogP contribution >= 0.6 is 0 Å². The number of carboxylic acid groups (broad SMARTS) is 1. The third kappa shape index (κ3) is 4.22. The summed E-state index contributed by atoms with van der Waals surface area (Å²) in [6, 6.07) is 4.58. The summed E-state index contributed by atoms with van der Waals surface area (Å²) in [7, 11) is -3.48. The fraction of sp³-hybridized carbons (Fsp3) is 0.300. The minimum Gasteiger partial charge on any atom is -0.478 e. The van der Waals surface area contributed by atoms with E-state index in [9.17, 15) is 13.2 Å². The molecule has 1 aromatic carbocycles. The number of nitrogen functional groups attached to an aromatic ring is 1. The van der Waals surface area contributed by atoms with E-state index < -0.39 is 16.0 Å². The smallest absolute Gasteiger partial charge is 0.337 e. The third-order valence-electron chi connectivity index (χ3n) is 2.26. The molecule has 0 spiro atoms. The lowest BCUT2D eigenvalue weighted by Crippen LogP contribution is -2.19. The summed E-state index contributed by atoms with van der Waals surface area (Å²) >= 11 is 0. The number of carbonyl (C=O) groups is 1. The molecular formula is C10H15N3O4S. The largest absolute Gasteiger partial charge is 0.478 e. The van der Waals surface area contributed by atoms with Crippen LogP contribution in [-0.2, 0) is 10.0 Å².